The number of hydrogen-bond donors (Lipinski definition) is 1. The van der Waals surface area contributed by atoms with E-state index < -0.39 is 12.6 Å². The van der Waals surface area contributed by atoms with Gasteiger partial charge in [-0.1, -0.05) is 0 Å². The molecule has 0 aliphatic rings. The predicted octanol–water partition coefficient (Wildman–Crippen LogP) is 2.59. The molecule has 1 aromatic carbocycles. The quantitative estimate of drug-likeness (QED) is 0.873. The van der Waals surface area contributed by atoms with Crippen LogP contribution in [-0.2, 0) is 0 Å². The molecule has 0 saturated heterocycles. The minimum Gasteiger partial charge on any atom is -0.478 e. The molecule has 6 heteroatoms. The lowest BCUT2D eigenvalue weighted by Crippen LogP contribution is -2.05. The molecule has 1 N–H and O–H groups in total. The van der Waals surface area contributed by atoms with Crippen LogP contribution in [0, 0.1) is 3.57 Å². The van der Waals surface area contributed by atoms with E-state index in [0.717, 1.165) is 6.07 Å². The summed E-state index contributed by atoms with van der Waals surface area (Å²) >= 11 is 1.78. The van der Waals surface area contributed by atoms with Crippen LogP contribution >= 0.6 is 22.6 Å². The van der Waals surface area contributed by atoms with E-state index in [4.69, 9.17) is 5.11 Å². The van der Waals surface area contributed by atoms with Gasteiger partial charge in [-0.25, -0.2) is 4.79 Å². The molecule has 0 aliphatic carbocycles. The van der Waals surface area contributed by atoms with Crippen molar-refractivity contribution in [2.75, 3.05) is 0 Å². The molecule has 1 aromatic rings. The Morgan fingerprint density at radius 2 is 2.14 bits per heavy atom. The van der Waals surface area contributed by atoms with Crippen LogP contribution in [0.5, 0.6) is 5.75 Å². The van der Waals surface area contributed by atoms with E-state index in [-0.39, 0.29) is 11.3 Å². The second-order valence-corrected chi connectivity index (χ2v) is 3.49. The zero-order chi connectivity index (χ0) is 10.7. The molecule has 0 spiro atoms. The summed E-state index contributed by atoms with van der Waals surface area (Å²) in [7, 11) is 0. The fourth-order valence-electron chi connectivity index (χ4n) is 0.823. The summed E-state index contributed by atoms with van der Waals surface area (Å²) in [6.07, 6.45) is 0. The number of rotatable bonds is 3. The number of benzene rings is 1. The molecule has 0 radical (unpaired) electrons. The van der Waals surface area contributed by atoms with E-state index in [1.54, 1.807) is 22.6 Å². The smallest absolute Gasteiger partial charge is 0.387 e. The first-order valence-corrected chi connectivity index (χ1v) is 4.56. The Labute approximate surface area is 91.8 Å². The fourth-order valence-corrected chi connectivity index (χ4v) is 1.29. The summed E-state index contributed by atoms with van der Waals surface area (Å²) in [6.45, 7) is -2.95. The molecule has 0 aromatic heterocycles. The molecule has 76 valence electrons. The predicted molar refractivity (Wildman–Crippen MR) is 52.8 cm³/mol. The van der Waals surface area contributed by atoms with Crippen molar-refractivity contribution in [1.82, 2.24) is 0 Å². The third-order valence-electron chi connectivity index (χ3n) is 1.39. The maximum Gasteiger partial charge on any atom is 0.387 e. The first kappa shape index (κ1) is 11.2. The number of hydrogen-bond acceptors (Lipinski definition) is 2. The Morgan fingerprint density at radius 1 is 1.50 bits per heavy atom. The molecule has 0 atom stereocenters. The van der Waals surface area contributed by atoms with Gasteiger partial charge in [0, 0.05) is 0 Å². The Hall–Kier alpha value is -0.920. The van der Waals surface area contributed by atoms with Crippen LogP contribution in [0.25, 0.3) is 0 Å². The molecule has 1 rings (SSSR count). The SMILES string of the molecule is O=C(O)c1ccc(I)c(OC(F)F)c1. The lowest BCUT2D eigenvalue weighted by molar-refractivity contribution is -0.0504. The van der Waals surface area contributed by atoms with Gasteiger partial charge >= 0.3 is 12.6 Å². The maximum absolute atomic E-state index is 11.9. The van der Waals surface area contributed by atoms with Crippen molar-refractivity contribution < 1.29 is 23.4 Å². The van der Waals surface area contributed by atoms with Gasteiger partial charge in [0.2, 0.25) is 0 Å². The van der Waals surface area contributed by atoms with Crippen molar-refractivity contribution in [3.8, 4) is 5.75 Å². The third-order valence-corrected chi connectivity index (χ3v) is 2.29. The number of ether oxygens (including phenoxy) is 1. The van der Waals surface area contributed by atoms with Crippen molar-refractivity contribution in [3.05, 3.63) is 27.3 Å². The van der Waals surface area contributed by atoms with Gasteiger partial charge < -0.3 is 9.84 Å². The standard InChI is InChI=1S/C8H5F2IO3/c9-8(10)14-6-3-4(7(12)13)1-2-5(6)11/h1-3,8H,(H,12,13). The van der Waals surface area contributed by atoms with Gasteiger partial charge in [-0.05, 0) is 40.8 Å². The summed E-state index contributed by atoms with van der Waals surface area (Å²) in [5.74, 6) is -1.30. The number of aromatic carboxylic acids is 1. The highest BCUT2D eigenvalue weighted by Gasteiger charge is 2.11. The van der Waals surface area contributed by atoms with Crippen molar-refractivity contribution in [3.63, 3.8) is 0 Å². The summed E-state index contributed by atoms with van der Waals surface area (Å²) < 4.78 is 28.3. The van der Waals surface area contributed by atoms with Crippen LogP contribution < -0.4 is 4.74 Å². The number of alkyl halides is 2. The fraction of sp³-hybridized carbons (Fsp3) is 0.125. The van der Waals surface area contributed by atoms with Gasteiger partial charge in [0.15, 0.2) is 0 Å². The van der Waals surface area contributed by atoms with Crippen LogP contribution in [0.2, 0.25) is 0 Å². The van der Waals surface area contributed by atoms with E-state index >= 15 is 0 Å². The molecular weight excluding hydrogens is 309 g/mol. The van der Waals surface area contributed by atoms with Crippen LogP contribution in [-0.4, -0.2) is 17.7 Å². The second-order valence-electron chi connectivity index (χ2n) is 2.33. The van der Waals surface area contributed by atoms with Gasteiger partial charge in [0.05, 0.1) is 9.13 Å². The Balaban J connectivity index is 3.02. The lowest BCUT2D eigenvalue weighted by Gasteiger charge is -2.07. The monoisotopic (exact) mass is 314 g/mol. The first-order valence-electron chi connectivity index (χ1n) is 3.48. The average Bonchev–Trinajstić information content (AvgIpc) is 2.07. The van der Waals surface area contributed by atoms with Crippen LogP contribution in [0.1, 0.15) is 10.4 Å². The zero-order valence-electron chi connectivity index (χ0n) is 6.71. The highest BCUT2D eigenvalue weighted by molar-refractivity contribution is 14.1. The number of halogens is 3. The third kappa shape index (κ3) is 2.79. The van der Waals surface area contributed by atoms with Crippen molar-refractivity contribution in [2.24, 2.45) is 0 Å². The van der Waals surface area contributed by atoms with Crippen molar-refractivity contribution in [1.29, 1.82) is 0 Å². The average molecular weight is 314 g/mol. The molecule has 0 aliphatic heterocycles. The minimum absolute atomic E-state index is 0.0823. The molecular formula is C8H5F2IO3. The maximum atomic E-state index is 11.9. The van der Waals surface area contributed by atoms with E-state index in [0.29, 0.717) is 3.57 Å². The van der Waals surface area contributed by atoms with Crippen molar-refractivity contribution >= 4 is 28.6 Å². The number of carbonyl (C=O) groups is 1. The Bertz CT molecular complexity index is 354. The van der Waals surface area contributed by atoms with E-state index in [1.165, 1.54) is 12.1 Å². The summed E-state index contributed by atoms with van der Waals surface area (Å²) in [4.78, 5) is 10.5. The molecule has 0 heterocycles. The Kier molecular flexibility index (Phi) is 3.62. The first-order chi connectivity index (χ1) is 6.50. The highest BCUT2D eigenvalue weighted by Crippen LogP contribution is 2.23. The van der Waals surface area contributed by atoms with Gasteiger partial charge in [-0.15, -0.1) is 0 Å². The van der Waals surface area contributed by atoms with Gasteiger partial charge in [-0.2, -0.15) is 8.78 Å². The number of carboxylic acids is 1. The van der Waals surface area contributed by atoms with Gasteiger partial charge in [0.25, 0.3) is 0 Å². The van der Waals surface area contributed by atoms with E-state index in [9.17, 15) is 13.6 Å². The molecule has 3 nitrogen and oxygen atoms in total. The van der Waals surface area contributed by atoms with Crippen LogP contribution in [0.3, 0.4) is 0 Å². The van der Waals surface area contributed by atoms with Crippen LogP contribution in [0.4, 0.5) is 8.78 Å². The van der Waals surface area contributed by atoms with Crippen LogP contribution in [0.15, 0.2) is 18.2 Å². The second kappa shape index (κ2) is 4.54. The molecule has 0 bridgehead atoms. The van der Waals surface area contributed by atoms with Gasteiger partial charge in [-0.3, -0.25) is 0 Å². The van der Waals surface area contributed by atoms with E-state index in [2.05, 4.69) is 4.74 Å². The summed E-state index contributed by atoms with van der Waals surface area (Å²) in [6, 6.07) is 3.79. The zero-order valence-corrected chi connectivity index (χ0v) is 8.86. The minimum atomic E-state index is -2.95. The number of carboxylic acid groups (broad SMARTS) is 1. The lowest BCUT2D eigenvalue weighted by atomic mass is 10.2. The largest absolute Gasteiger partial charge is 0.478 e. The topological polar surface area (TPSA) is 46.5 Å². The van der Waals surface area contributed by atoms with Crippen molar-refractivity contribution in [2.45, 2.75) is 6.61 Å². The molecule has 0 amide bonds. The molecule has 0 saturated carbocycles. The molecule has 0 fully saturated rings. The molecule has 14 heavy (non-hydrogen) atoms. The Morgan fingerprint density at radius 3 is 2.64 bits per heavy atom. The molecule has 0 unspecified atom stereocenters. The summed E-state index contributed by atoms with van der Waals surface area (Å²) in [5, 5.41) is 8.59. The highest BCUT2D eigenvalue weighted by atomic mass is 127. The van der Waals surface area contributed by atoms with E-state index in [1.807, 2.05) is 0 Å². The van der Waals surface area contributed by atoms with Gasteiger partial charge in [0.1, 0.15) is 5.75 Å². The normalized spacial score (nSPS) is 10.3. The summed E-state index contributed by atoms with van der Waals surface area (Å²) in [5.41, 5.74) is -0.0823.